The number of piperazine rings is 1. The summed E-state index contributed by atoms with van der Waals surface area (Å²) in [7, 11) is 0. The quantitative estimate of drug-likeness (QED) is 0.780. The highest BCUT2D eigenvalue weighted by atomic mass is 16.7. The molecule has 0 aliphatic carbocycles. The molecule has 2 aromatic rings. The lowest BCUT2D eigenvalue weighted by atomic mass is 9.84. The fraction of sp³-hybridized carbons (Fsp3) is 0.440. The maximum atomic E-state index is 12.7. The highest BCUT2D eigenvalue weighted by molar-refractivity contribution is 5.79. The first-order valence-corrected chi connectivity index (χ1v) is 11.1. The van der Waals surface area contributed by atoms with Gasteiger partial charge in [0.2, 0.25) is 12.7 Å². The third-order valence-corrected chi connectivity index (χ3v) is 6.23. The number of ether oxygens (including phenoxy) is 2. The Hall–Kier alpha value is -3.22. The van der Waals surface area contributed by atoms with E-state index in [2.05, 4.69) is 19.2 Å². The van der Waals surface area contributed by atoms with E-state index >= 15 is 0 Å². The summed E-state index contributed by atoms with van der Waals surface area (Å²) in [5.41, 5.74) is 3.02. The van der Waals surface area contributed by atoms with E-state index in [1.807, 2.05) is 54.3 Å². The summed E-state index contributed by atoms with van der Waals surface area (Å²) in [5, 5.41) is 3.06. The lowest BCUT2D eigenvalue weighted by Gasteiger charge is -2.35. The van der Waals surface area contributed by atoms with Gasteiger partial charge >= 0.3 is 6.03 Å². The zero-order valence-electron chi connectivity index (χ0n) is 19.0. The monoisotopic (exact) mass is 437 g/mol. The van der Waals surface area contributed by atoms with Gasteiger partial charge < -0.3 is 24.6 Å². The molecule has 1 fully saturated rings. The number of hydrogen-bond acceptors (Lipinski definition) is 4. The number of nitrogens with zero attached hydrogens (tertiary/aromatic N) is 2. The van der Waals surface area contributed by atoms with E-state index in [0.717, 1.165) is 22.6 Å². The highest BCUT2D eigenvalue weighted by Crippen LogP contribution is 2.36. The van der Waals surface area contributed by atoms with Crippen molar-refractivity contribution in [2.75, 3.05) is 39.5 Å². The fourth-order valence-electron chi connectivity index (χ4n) is 3.98. The largest absolute Gasteiger partial charge is 0.454 e. The molecule has 7 nitrogen and oxygen atoms in total. The summed E-state index contributed by atoms with van der Waals surface area (Å²) in [6, 6.07) is 13.9. The molecule has 0 atom stereocenters. The third kappa shape index (κ3) is 4.98. The zero-order chi connectivity index (χ0) is 22.7. The minimum atomic E-state index is -0.261. The maximum absolute atomic E-state index is 12.7. The van der Waals surface area contributed by atoms with Gasteiger partial charge in [-0.15, -0.1) is 0 Å². The minimum absolute atomic E-state index is 0.0931. The Bertz CT molecular complexity index is 979. The van der Waals surface area contributed by atoms with Crippen LogP contribution in [0.5, 0.6) is 11.5 Å². The molecule has 1 saturated heterocycles. The zero-order valence-corrected chi connectivity index (χ0v) is 19.0. The lowest BCUT2D eigenvalue weighted by Crippen LogP contribution is -2.54. The van der Waals surface area contributed by atoms with Crippen molar-refractivity contribution in [3.63, 3.8) is 0 Å². The van der Waals surface area contributed by atoms with Gasteiger partial charge in [-0.25, -0.2) is 4.79 Å². The Balaban J connectivity index is 1.25. The lowest BCUT2D eigenvalue weighted by molar-refractivity contribution is -0.131. The molecule has 7 heteroatoms. The predicted molar refractivity (Wildman–Crippen MR) is 122 cm³/mol. The number of rotatable bonds is 5. The molecule has 2 aliphatic heterocycles. The minimum Gasteiger partial charge on any atom is -0.454 e. The molecule has 0 unspecified atom stereocenters. The van der Waals surface area contributed by atoms with Crippen LogP contribution < -0.4 is 14.8 Å². The van der Waals surface area contributed by atoms with Crippen molar-refractivity contribution in [3.8, 4) is 11.5 Å². The number of carbonyl (C=O) groups is 2. The first-order valence-electron chi connectivity index (χ1n) is 11.1. The van der Waals surface area contributed by atoms with E-state index in [0.29, 0.717) is 39.1 Å². The number of fused-ring (bicyclic) bond motifs is 1. The van der Waals surface area contributed by atoms with Gasteiger partial charge in [-0.2, -0.15) is 0 Å². The summed E-state index contributed by atoms with van der Waals surface area (Å²) >= 11 is 0. The molecule has 0 spiro atoms. The number of carbonyl (C=O) groups excluding carboxylic acids is 2. The summed E-state index contributed by atoms with van der Waals surface area (Å²) in [6.07, 6.45) is 0.399. The Morgan fingerprint density at radius 3 is 2.31 bits per heavy atom. The Morgan fingerprint density at radius 1 is 0.938 bits per heavy atom. The van der Waals surface area contributed by atoms with Gasteiger partial charge in [0.1, 0.15) is 0 Å². The first-order chi connectivity index (χ1) is 15.3. The van der Waals surface area contributed by atoms with Crippen molar-refractivity contribution in [3.05, 3.63) is 59.2 Å². The second kappa shape index (κ2) is 9.10. The Labute approximate surface area is 189 Å². The van der Waals surface area contributed by atoms with Crippen molar-refractivity contribution < 1.29 is 19.1 Å². The van der Waals surface area contributed by atoms with Crippen LogP contribution in [0.1, 0.15) is 30.5 Å². The summed E-state index contributed by atoms with van der Waals surface area (Å²) in [4.78, 5) is 29.0. The number of benzene rings is 2. The predicted octanol–water partition coefficient (Wildman–Crippen LogP) is 3.10. The van der Waals surface area contributed by atoms with Crippen LogP contribution in [-0.4, -0.2) is 61.3 Å². The topological polar surface area (TPSA) is 71.1 Å². The highest BCUT2D eigenvalue weighted by Gasteiger charge is 2.28. The van der Waals surface area contributed by atoms with Crippen molar-refractivity contribution in [1.82, 2.24) is 15.1 Å². The second-order valence-electron chi connectivity index (χ2n) is 9.14. The number of nitrogens with one attached hydrogen (secondary N) is 1. The SMILES string of the molecule is Cc1ccc(CC(=O)N2CCN(C(=O)NCC(C)(C)c3ccc4c(c3)OCO4)CC2)cc1. The van der Waals surface area contributed by atoms with Gasteiger partial charge in [-0.05, 0) is 30.2 Å². The van der Waals surface area contributed by atoms with Gasteiger partial charge in [0.15, 0.2) is 11.5 Å². The molecule has 3 amide bonds. The molecule has 0 bridgehead atoms. The van der Waals surface area contributed by atoms with E-state index in [-0.39, 0.29) is 24.1 Å². The molecule has 0 aromatic heterocycles. The molecule has 0 saturated carbocycles. The van der Waals surface area contributed by atoms with Crippen LogP contribution in [0.2, 0.25) is 0 Å². The van der Waals surface area contributed by atoms with E-state index < -0.39 is 0 Å². The molecular weight excluding hydrogens is 406 g/mol. The molecule has 170 valence electrons. The molecule has 2 heterocycles. The summed E-state index contributed by atoms with van der Waals surface area (Å²) in [5.74, 6) is 1.61. The second-order valence-corrected chi connectivity index (χ2v) is 9.14. The van der Waals surface area contributed by atoms with Gasteiger partial charge in [0, 0.05) is 38.1 Å². The van der Waals surface area contributed by atoms with Crippen LogP contribution in [0, 0.1) is 6.92 Å². The smallest absolute Gasteiger partial charge is 0.317 e. The van der Waals surface area contributed by atoms with E-state index in [4.69, 9.17) is 9.47 Å². The van der Waals surface area contributed by atoms with Gasteiger partial charge in [-0.3, -0.25) is 4.79 Å². The molecule has 32 heavy (non-hydrogen) atoms. The van der Waals surface area contributed by atoms with Gasteiger partial charge in [0.25, 0.3) is 0 Å². The number of aryl methyl sites for hydroxylation is 1. The molecule has 4 rings (SSSR count). The summed E-state index contributed by atoms with van der Waals surface area (Å²) in [6.45, 7) is 9.15. The van der Waals surface area contributed by atoms with Crippen LogP contribution in [0.15, 0.2) is 42.5 Å². The average molecular weight is 438 g/mol. The van der Waals surface area contributed by atoms with Crippen molar-refractivity contribution >= 4 is 11.9 Å². The standard InChI is InChI=1S/C25H31N3O4/c1-18-4-6-19(7-5-18)14-23(29)27-10-12-28(13-11-27)24(30)26-16-25(2,3)20-8-9-21-22(15-20)32-17-31-21/h4-9,15H,10-14,16-17H2,1-3H3,(H,26,30). The van der Waals surface area contributed by atoms with E-state index in [1.165, 1.54) is 5.56 Å². The molecule has 2 aliphatic rings. The Kier molecular flexibility index (Phi) is 6.26. The fourth-order valence-corrected chi connectivity index (χ4v) is 3.98. The van der Waals surface area contributed by atoms with Gasteiger partial charge in [-0.1, -0.05) is 49.7 Å². The Morgan fingerprint density at radius 2 is 1.59 bits per heavy atom. The van der Waals surface area contributed by atoms with Crippen molar-refractivity contribution in [2.24, 2.45) is 0 Å². The van der Waals surface area contributed by atoms with Crippen LogP contribution in [-0.2, 0) is 16.6 Å². The molecule has 2 aromatic carbocycles. The third-order valence-electron chi connectivity index (χ3n) is 6.23. The first kappa shape index (κ1) is 22.0. The summed E-state index contributed by atoms with van der Waals surface area (Å²) < 4.78 is 10.9. The van der Waals surface area contributed by atoms with Crippen molar-refractivity contribution in [1.29, 1.82) is 0 Å². The molecule has 0 radical (unpaired) electrons. The van der Waals surface area contributed by atoms with Crippen LogP contribution in [0.4, 0.5) is 4.79 Å². The molecular formula is C25H31N3O4. The van der Waals surface area contributed by atoms with E-state index in [1.54, 1.807) is 4.90 Å². The normalized spacial score (nSPS) is 15.6. The van der Waals surface area contributed by atoms with Gasteiger partial charge in [0.05, 0.1) is 6.42 Å². The maximum Gasteiger partial charge on any atom is 0.317 e. The number of urea groups is 1. The van der Waals surface area contributed by atoms with E-state index in [9.17, 15) is 9.59 Å². The van der Waals surface area contributed by atoms with Crippen molar-refractivity contribution in [2.45, 2.75) is 32.6 Å². The van der Waals surface area contributed by atoms with Crippen LogP contribution in [0.3, 0.4) is 0 Å². The van der Waals surface area contributed by atoms with Crippen LogP contribution >= 0.6 is 0 Å². The van der Waals surface area contributed by atoms with Crippen LogP contribution in [0.25, 0.3) is 0 Å². The average Bonchev–Trinajstić information content (AvgIpc) is 3.27. The number of hydrogen-bond donors (Lipinski definition) is 1. The molecule has 1 N–H and O–H groups in total. The number of amides is 3.